The van der Waals surface area contributed by atoms with Gasteiger partial charge in [0.25, 0.3) is 0 Å². The molecule has 1 aromatic carbocycles. The van der Waals surface area contributed by atoms with Gasteiger partial charge in [0.15, 0.2) is 0 Å². The zero-order valence-corrected chi connectivity index (χ0v) is 12.7. The van der Waals surface area contributed by atoms with E-state index in [4.69, 9.17) is 5.11 Å². The smallest absolute Gasteiger partial charge is 0.337 e. The predicted octanol–water partition coefficient (Wildman–Crippen LogP) is 0.760. The Morgan fingerprint density at radius 1 is 1.43 bits per heavy atom. The summed E-state index contributed by atoms with van der Waals surface area (Å²) in [4.78, 5) is 11.5. The molecule has 0 spiro atoms. The summed E-state index contributed by atoms with van der Waals surface area (Å²) in [5.41, 5.74) is 0.854. The lowest BCUT2D eigenvalue weighted by Gasteiger charge is -2.20. The van der Waals surface area contributed by atoms with Crippen molar-refractivity contribution >= 4 is 16.0 Å². The molecule has 0 atom stereocenters. The summed E-state index contributed by atoms with van der Waals surface area (Å²) in [5.74, 6) is -0.683. The normalized spacial score (nSPS) is 15.2. The van der Waals surface area contributed by atoms with E-state index in [0.29, 0.717) is 11.1 Å². The minimum Gasteiger partial charge on any atom is -0.465 e. The Labute approximate surface area is 124 Å². The third-order valence-electron chi connectivity index (χ3n) is 3.33. The first-order chi connectivity index (χ1) is 9.97. The summed E-state index contributed by atoms with van der Waals surface area (Å²) in [7, 11) is -2.22. The molecule has 7 heteroatoms. The molecule has 1 aliphatic rings. The van der Waals surface area contributed by atoms with E-state index in [1.807, 2.05) is 0 Å². The molecule has 1 saturated carbocycles. The lowest BCUT2D eigenvalue weighted by molar-refractivity contribution is 0.0600. The van der Waals surface area contributed by atoms with Crippen molar-refractivity contribution in [3.8, 4) is 0 Å². The van der Waals surface area contributed by atoms with Crippen LogP contribution in [0.15, 0.2) is 24.3 Å². The highest BCUT2D eigenvalue weighted by Crippen LogP contribution is 2.30. The highest BCUT2D eigenvalue weighted by molar-refractivity contribution is 7.88. The van der Waals surface area contributed by atoms with Crippen LogP contribution in [0, 0.1) is 0 Å². The van der Waals surface area contributed by atoms with Crippen molar-refractivity contribution in [2.45, 2.75) is 24.6 Å². The van der Waals surface area contributed by atoms with Crippen LogP contribution >= 0.6 is 0 Å². The lowest BCUT2D eigenvalue weighted by atomic mass is 10.1. The molecule has 6 nitrogen and oxygen atoms in total. The first kappa shape index (κ1) is 15.9. The number of ether oxygens (including phenoxy) is 1. The fourth-order valence-electron chi connectivity index (χ4n) is 2.21. The van der Waals surface area contributed by atoms with Crippen LogP contribution in [0.2, 0.25) is 0 Å². The number of aliphatic hydroxyl groups excluding tert-OH is 1. The fraction of sp³-hybridized carbons (Fsp3) is 0.500. The maximum Gasteiger partial charge on any atom is 0.337 e. The second-order valence-corrected chi connectivity index (χ2v) is 6.94. The molecule has 1 aromatic rings. The monoisotopic (exact) mass is 313 g/mol. The first-order valence-electron chi connectivity index (χ1n) is 6.75. The minimum absolute atomic E-state index is 0.00550. The van der Waals surface area contributed by atoms with Gasteiger partial charge in [-0.2, -0.15) is 4.31 Å². The summed E-state index contributed by atoms with van der Waals surface area (Å²) in [6.07, 6.45) is 1.67. The quantitative estimate of drug-likeness (QED) is 0.751. The third kappa shape index (κ3) is 4.03. The molecule has 1 fully saturated rings. The molecular formula is C14H19NO5S. The predicted molar refractivity (Wildman–Crippen MR) is 77.2 cm³/mol. The number of methoxy groups -OCH3 is 1. The fourth-order valence-corrected chi connectivity index (χ4v) is 4.00. The highest BCUT2D eigenvalue weighted by Gasteiger charge is 2.36. The van der Waals surface area contributed by atoms with Gasteiger partial charge in [-0.15, -0.1) is 0 Å². The Bertz CT molecular complexity index is 610. The standard InChI is InChI=1S/C14H19NO5S/c1-20-14(17)12-4-2-3-11(9-12)10-21(18,19)15(7-8-16)13-5-6-13/h2-4,9,13,16H,5-8,10H2,1H3. The Balaban J connectivity index is 2.17. The van der Waals surface area contributed by atoms with Crippen molar-refractivity contribution in [1.29, 1.82) is 0 Å². The summed E-state index contributed by atoms with van der Waals surface area (Å²) in [6.45, 7) is -0.0817. The van der Waals surface area contributed by atoms with Crippen LogP contribution in [-0.2, 0) is 20.5 Å². The number of rotatable bonds is 7. The van der Waals surface area contributed by atoms with Gasteiger partial charge in [-0.05, 0) is 30.5 Å². The van der Waals surface area contributed by atoms with Gasteiger partial charge in [0, 0.05) is 12.6 Å². The van der Waals surface area contributed by atoms with Crippen LogP contribution < -0.4 is 0 Å². The molecule has 0 aromatic heterocycles. The molecule has 0 aliphatic heterocycles. The van der Waals surface area contributed by atoms with Gasteiger partial charge in [-0.3, -0.25) is 0 Å². The van der Waals surface area contributed by atoms with Crippen LogP contribution in [0.5, 0.6) is 0 Å². The van der Waals surface area contributed by atoms with Gasteiger partial charge in [-0.1, -0.05) is 12.1 Å². The number of carbonyl (C=O) groups excluding carboxylic acids is 1. The molecular weight excluding hydrogens is 294 g/mol. The second kappa shape index (κ2) is 6.55. The van der Waals surface area contributed by atoms with Crippen LogP contribution in [0.1, 0.15) is 28.8 Å². The van der Waals surface area contributed by atoms with Crippen molar-refractivity contribution in [2.75, 3.05) is 20.3 Å². The molecule has 0 amide bonds. The molecule has 0 bridgehead atoms. The van der Waals surface area contributed by atoms with E-state index in [2.05, 4.69) is 4.74 Å². The minimum atomic E-state index is -3.50. The van der Waals surface area contributed by atoms with E-state index in [9.17, 15) is 13.2 Å². The molecule has 116 valence electrons. The molecule has 0 unspecified atom stereocenters. The lowest BCUT2D eigenvalue weighted by Crippen LogP contribution is -2.36. The number of carbonyl (C=O) groups is 1. The van der Waals surface area contributed by atoms with E-state index in [0.717, 1.165) is 12.8 Å². The Morgan fingerprint density at radius 2 is 2.14 bits per heavy atom. The Hall–Kier alpha value is -1.44. The number of nitrogens with zero attached hydrogens (tertiary/aromatic N) is 1. The molecule has 0 radical (unpaired) electrons. The molecule has 1 aliphatic carbocycles. The summed E-state index contributed by atoms with van der Waals surface area (Å²) in [5, 5.41) is 9.02. The SMILES string of the molecule is COC(=O)c1cccc(CS(=O)(=O)N(CCO)C2CC2)c1. The first-order valence-corrected chi connectivity index (χ1v) is 8.36. The van der Waals surface area contributed by atoms with Crippen molar-refractivity contribution in [3.05, 3.63) is 35.4 Å². The number of esters is 1. The highest BCUT2D eigenvalue weighted by atomic mass is 32.2. The van der Waals surface area contributed by atoms with Gasteiger partial charge < -0.3 is 9.84 Å². The van der Waals surface area contributed by atoms with Crippen LogP contribution in [0.4, 0.5) is 0 Å². The van der Waals surface area contributed by atoms with E-state index >= 15 is 0 Å². The van der Waals surface area contributed by atoms with Crippen molar-refractivity contribution < 1.29 is 23.1 Å². The molecule has 21 heavy (non-hydrogen) atoms. The summed E-state index contributed by atoms with van der Waals surface area (Å²) >= 11 is 0. The van der Waals surface area contributed by atoms with Gasteiger partial charge >= 0.3 is 5.97 Å². The summed E-state index contributed by atoms with van der Waals surface area (Å²) in [6, 6.07) is 6.39. The number of hydrogen-bond acceptors (Lipinski definition) is 5. The van der Waals surface area contributed by atoms with Crippen molar-refractivity contribution in [3.63, 3.8) is 0 Å². The van der Waals surface area contributed by atoms with Crippen molar-refractivity contribution in [1.82, 2.24) is 4.31 Å². The molecule has 1 N–H and O–H groups in total. The number of benzene rings is 1. The van der Waals surface area contributed by atoms with Crippen molar-refractivity contribution in [2.24, 2.45) is 0 Å². The Kier molecular flexibility index (Phi) is 4.97. The van der Waals surface area contributed by atoms with Gasteiger partial charge in [0.2, 0.25) is 10.0 Å². The number of sulfonamides is 1. The topological polar surface area (TPSA) is 83.9 Å². The van der Waals surface area contributed by atoms with Gasteiger partial charge in [-0.25, -0.2) is 13.2 Å². The zero-order chi connectivity index (χ0) is 15.5. The number of hydrogen-bond donors (Lipinski definition) is 1. The average molecular weight is 313 g/mol. The molecule has 2 rings (SSSR count). The second-order valence-electron chi connectivity index (χ2n) is 5.01. The molecule has 0 heterocycles. The van der Waals surface area contributed by atoms with Gasteiger partial charge in [0.1, 0.15) is 0 Å². The van der Waals surface area contributed by atoms with Gasteiger partial charge in [0.05, 0.1) is 25.0 Å². The largest absolute Gasteiger partial charge is 0.465 e. The third-order valence-corrected chi connectivity index (χ3v) is 5.22. The van der Waals surface area contributed by atoms with E-state index < -0.39 is 16.0 Å². The zero-order valence-electron chi connectivity index (χ0n) is 11.9. The van der Waals surface area contributed by atoms with E-state index in [-0.39, 0.29) is 24.9 Å². The Morgan fingerprint density at radius 3 is 2.71 bits per heavy atom. The molecule has 0 saturated heterocycles. The van der Waals surface area contributed by atoms with E-state index in [1.54, 1.807) is 18.2 Å². The van der Waals surface area contributed by atoms with E-state index in [1.165, 1.54) is 17.5 Å². The van der Waals surface area contributed by atoms with Crippen LogP contribution in [0.25, 0.3) is 0 Å². The number of aliphatic hydroxyl groups is 1. The summed E-state index contributed by atoms with van der Waals surface area (Å²) < 4.78 is 30.8. The van der Waals surface area contributed by atoms with Crippen LogP contribution in [-0.4, -0.2) is 50.1 Å². The maximum atomic E-state index is 12.4. The average Bonchev–Trinajstić information content (AvgIpc) is 3.28. The van der Waals surface area contributed by atoms with Crippen LogP contribution in [0.3, 0.4) is 0 Å². The maximum absolute atomic E-state index is 12.4.